The van der Waals surface area contributed by atoms with E-state index in [1.165, 1.54) is 0 Å². The second kappa shape index (κ2) is 5.74. The van der Waals surface area contributed by atoms with Gasteiger partial charge in [0.15, 0.2) is 5.69 Å². The average Bonchev–Trinajstić information content (AvgIpc) is 2.83. The maximum absolute atomic E-state index is 13.7. The van der Waals surface area contributed by atoms with Gasteiger partial charge >= 0.3 is 21.6 Å². The summed E-state index contributed by atoms with van der Waals surface area (Å²) < 4.78 is 89.9. The summed E-state index contributed by atoms with van der Waals surface area (Å²) in [4.78, 5) is 10.8. The Balaban J connectivity index is 2.64. The fourth-order valence-electron chi connectivity index (χ4n) is 1.51. The van der Waals surface area contributed by atoms with Crippen LogP contribution in [-0.4, -0.2) is 34.8 Å². The quantitative estimate of drug-likeness (QED) is 0.501. The van der Waals surface area contributed by atoms with Gasteiger partial charge in [0.2, 0.25) is 5.88 Å². The van der Waals surface area contributed by atoms with Crippen molar-refractivity contribution >= 4 is 16.1 Å². The molecule has 0 radical (unpaired) electrons. The summed E-state index contributed by atoms with van der Waals surface area (Å²) in [6, 6.07) is 2.03. The van der Waals surface area contributed by atoms with E-state index in [2.05, 4.69) is 9.28 Å². The number of alkyl halides is 3. The molecular formula is C11H5F5N2O5S. The highest BCUT2D eigenvalue weighted by molar-refractivity contribution is 7.87. The van der Waals surface area contributed by atoms with Crippen LogP contribution in [0, 0.1) is 11.6 Å². The van der Waals surface area contributed by atoms with Gasteiger partial charge in [0.25, 0.3) is 0 Å². The summed E-state index contributed by atoms with van der Waals surface area (Å²) in [6.45, 7) is 0. The standard InChI is InChI=1S/C11H5F5N2O5S/c12-5-1-2-6(13)8(3-5)18-9(4-7(17-18)10(19)20)23-24(21,22)11(14,15)16/h1-4H,(H,19,20). The first kappa shape index (κ1) is 17.7. The third-order valence-electron chi connectivity index (χ3n) is 2.51. The second-order valence-electron chi connectivity index (χ2n) is 4.16. The van der Waals surface area contributed by atoms with Crippen molar-refractivity contribution in [2.75, 3.05) is 0 Å². The van der Waals surface area contributed by atoms with E-state index in [-0.39, 0.29) is 4.68 Å². The Morgan fingerprint density at radius 1 is 1.21 bits per heavy atom. The predicted molar refractivity (Wildman–Crippen MR) is 66.0 cm³/mol. The van der Waals surface area contributed by atoms with Crippen molar-refractivity contribution in [1.29, 1.82) is 0 Å². The molecule has 0 unspecified atom stereocenters. The highest BCUT2D eigenvalue weighted by atomic mass is 32.2. The van der Waals surface area contributed by atoms with Gasteiger partial charge in [-0.3, -0.25) is 0 Å². The monoisotopic (exact) mass is 372 g/mol. The minimum atomic E-state index is -6.19. The van der Waals surface area contributed by atoms with E-state index in [0.29, 0.717) is 24.3 Å². The number of hydrogen-bond acceptors (Lipinski definition) is 5. The van der Waals surface area contributed by atoms with Gasteiger partial charge in [0, 0.05) is 12.1 Å². The number of rotatable bonds is 4. The lowest BCUT2D eigenvalue weighted by Gasteiger charge is -2.11. The van der Waals surface area contributed by atoms with Gasteiger partial charge in [0.1, 0.15) is 17.3 Å². The van der Waals surface area contributed by atoms with Crippen molar-refractivity contribution in [2.24, 2.45) is 0 Å². The Labute approximate surface area is 130 Å². The number of benzene rings is 1. The molecule has 0 aliphatic rings. The number of nitrogens with zero attached hydrogens (tertiary/aromatic N) is 2. The molecule has 1 aromatic carbocycles. The van der Waals surface area contributed by atoms with Crippen molar-refractivity contribution in [3.05, 3.63) is 41.6 Å². The lowest BCUT2D eigenvalue weighted by atomic mass is 10.3. The highest BCUT2D eigenvalue weighted by Crippen LogP contribution is 2.29. The van der Waals surface area contributed by atoms with Gasteiger partial charge in [-0.05, 0) is 12.1 Å². The number of hydrogen-bond donors (Lipinski definition) is 1. The topological polar surface area (TPSA) is 98.5 Å². The zero-order chi connectivity index (χ0) is 18.3. The number of aromatic carboxylic acids is 1. The third-order valence-corrected chi connectivity index (χ3v) is 3.47. The van der Waals surface area contributed by atoms with Crippen LogP contribution >= 0.6 is 0 Å². The summed E-state index contributed by atoms with van der Waals surface area (Å²) in [7, 11) is -6.19. The minimum absolute atomic E-state index is 0.0884. The zero-order valence-corrected chi connectivity index (χ0v) is 11.9. The molecule has 2 aromatic rings. The molecule has 1 heterocycles. The first-order valence-corrected chi connectivity index (χ1v) is 7.13. The van der Waals surface area contributed by atoms with E-state index in [1.807, 2.05) is 0 Å². The molecule has 0 saturated heterocycles. The van der Waals surface area contributed by atoms with Crippen molar-refractivity contribution in [3.8, 4) is 11.6 Å². The highest BCUT2D eigenvalue weighted by Gasteiger charge is 2.49. The normalized spacial score (nSPS) is 12.2. The number of halogens is 5. The van der Waals surface area contributed by atoms with E-state index in [9.17, 15) is 35.2 Å². The molecule has 1 N–H and O–H groups in total. The molecule has 0 aliphatic carbocycles. The van der Waals surface area contributed by atoms with E-state index >= 15 is 0 Å². The molecule has 0 saturated carbocycles. The number of carbonyl (C=O) groups is 1. The molecule has 24 heavy (non-hydrogen) atoms. The van der Waals surface area contributed by atoms with Crippen LogP contribution in [0.5, 0.6) is 5.88 Å². The Hall–Kier alpha value is -2.70. The molecule has 0 aliphatic heterocycles. The minimum Gasteiger partial charge on any atom is -0.476 e. The lowest BCUT2D eigenvalue weighted by molar-refractivity contribution is -0.0502. The van der Waals surface area contributed by atoms with E-state index < -0.39 is 50.5 Å². The molecule has 0 bridgehead atoms. The summed E-state index contributed by atoms with van der Waals surface area (Å²) in [5, 5.41) is 12.0. The maximum atomic E-state index is 13.7. The van der Waals surface area contributed by atoms with Crippen LogP contribution in [0.1, 0.15) is 10.5 Å². The van der Waals surface area contributed by atoms with Gasteiger partial charge < -0.3 is 9.29 Å². The number of aromatic nitrogens is 2. The fraction of sp³-hybridized carbons (Fsp3) is 0.0909. The summed E-state index contributed by atoms with van der Waals surface area (Å²) >= 11 is 0. The molecular weight excluding hydrogens is 367 g/mol. The molecule has 0 atom stereocenters. The fourth-order valence-corrected chi connectivity index (χ4v) is 1.95. The van der Waals surface area contributed by atoms with Crippen LogP contribution in [0.3, 0.4) is 0 Å². The molecule has 2 rings (SSSR count). The number of carboxylic acids is 1. The first-order valence-electron chi connectivity index (χ1n) is 5.72. The predicted octanol–water partition coefficient (Wildman–Crippen LogP) is 2.08. The van der Waals surface area contributed by atoms with Gasteiger partial charge in [-0.25, -0.2) is 13.6 Å². The Morgan fingerprint density at radius 2 is 1.83 bits per heavy atom. The molecule has 130 valence electrons. The van der Waals surface area contributed by atoms with Gasteiger partial charge in [0.05, 0.1) is 0 Å². The van der Waals surface area contributed by atoms with Crippen LogP contribution in [0.15, 0.2) is 24.3 Å². The largest absolute Gasteiger partial charge is 0.534 e. The van der Waals surface area contributed by atoms with Crippen LogP contribution in [-0.2, 0) is 10.1 Å². The molecule has 0 amide bonds. The number of carboxylic acid groups (broad SMARTS) is 1. The van der Waals surface area contributed by atoms with E-state index in [4.69, 9.17) is 5.11 Å². The molecule has 0 fully saturated rings. The summed E-state index contributed by atoms with van der Waals surface area (Å²) in [5.74, 6) is -5.30. The Kier molecular flexibility index (Phi) is 4.22. The smallest absolute Gasteiger partial charge is 0.476 e. The van der Waals surface area contributed by atoms with E-state index in [0.717, 1.165) is 0 Å². The van der Waals surface area contributed by atoms with E-state index in [1.54, 1.807) is 0 Å². The maximum Gasteiger partial charge on any atom is 0.534 e. The molecule has 13 heteroatoms. The van der Waals surface area contributed by atoms with Crippen LogP contribution < -0.4 is 4.18 Å². The molecule has 7 nitrogen and oxygen atoms in total. The van der Waals surface area contributed by atoms with Crippen LogP contribution in [0.2, 0.25) is 0 Å². The van der Waals surface area contributed by atoms with Gasteiger partial charge in [-0.2, -0.15) is 31.4 Å². The summed E-state index contributed by atoms with van der Waals surface area (Å²) in [6.07, 6.45) is 0. The van der Waals surface area contributed by atoms with Crippen molar-refractivity contribution in [3.63, 3.8) is 0 Å². The molecule has 0 spiro atoms. The van der Waals surface area contributed by atoms with Crippen molar-refractivity contribution < 1.29 is 44.5 Å². The summed E-state index contributed by atoms with van der Waals surface area (Å²) in [5.41, 5.74) is -7.63. The first-order chi connectivity index (χ1) is 10.9. The van der Waals surface area contributed by atoms with Gasteiger partial charge in [-0.1, -0.05) is 0 Å². The van der Waals surface area contributed by atoms with Crippen molar-refractivity contribution in [2.45, 2.75) is 5.51 Å². The van der Waals surface area contributed by atoms with Crippen LogP contribution in [0.25, 0.3) is 5.69 Å². The Bertz CT molecular complexity index is 906. The molecule has 1 aromatic heterocycles. The zero-order valence-electron chi connectivity index (χ0n) is 11.1. The SMILES string of the molecule is O=C(O)c1cc(OS(=O)(=O)C(F)(F)F)n(-c2cc(F)ccc2F)n1. The van der Waals surface area contributed by atoms with Crippen molar-refractivity contribution in [1.82, 2.24) is 9.78 Å². The lowest BCUT2D eigenvalue weighted by Crippen LogP contribution is -2.28. The third kappa shape index (κ3) is 3.29. The van der Waals surface area contributed by atoms with Crippen LogP contribution in [0.4, 0.5) is 22.0 Å². The Morgan fingerprint density at radius 3 is 2.38 bits per heavy atom. The second-order valence-corrected chi connectivity index (χ2v) is 5.70. The van der Waals surface area contributed by atoms with Gasteiger partial charge in [-0.15, -0.1) is 0 Å². The average molecular weight is 372 g/mol.